The number of thiazole rings is 1. The van der Waals surface area contributed by atoms with Gasteiger partial charge in [0.1, 0.15) is 6.29 Å². The Morgan fingerprint density at radius 1 is 1.67 bits per heavy atom. The van der Waals surface area contributed by atoms with E-state index in [1.165, 1.54) is 0 Å². The van der Waals surface area contributed by atoms with Crippen LogP contribution in [-0.2, 0) is 17.6 Å². The number of carbonyl (C=O) groups excluding carboxylic acids is 1. The standard InChI is InChI=1S/C9H13NOS/c1-7(2)5-9-10-8(3-4-11)6-12-9/h4,6-7H,3,5H2,1-2H3. The fraction of sp³-hybridized carbons (Fsp3) is 0.556. The minimum absolute atomic E-state index is 0.453. The van der Waals surface area contributed by atoms with E-state index in [4.69, 9.17) is 0 Å². The lowest BCUT2D eigenvalue weighted by Crippen LogP contribution is -1.94. The summed E-state index contributed by atoms with van der Waals surface area (Å²) in [7, 11) is 0. The lowest BCUT2D eigenvalue weighted by molar-refractivity contribution is -0.107. The van der Waals surface area contributed by atoms with Gasteiger partial charge in [-0.2, -0.15) is 0 Å². The second kappa shape index (κ2) is 4.36. The summed E-state index contributed by atoms with van der Waals surface area (Å²) in [6, 6.07) is 0. The van der Waals surface area contributed by atoms with Crippen molar-refractivity contribution in [2.75, 3.05) is 0 Å². The van der Waals surface area contributed by atoms with Crippen LogP contribution in [0.4, 0.5) is 0 Å². The third kappa shape index (κ3) is 2.74. The average molecular weight is 183 g/mol. The largest absolute Gasteiger partial charge is 0.303 e. The molecule has 12 heavy (non-hydrogen) atoms. The highest BCUT2D eigenvalue weighted by Gasteiger charge is 2.03. The van der Waals surface area contributed by atoms with Gasteiger partial charge in [-0.1, -0.05) is 13.8 Å². The van der Waals surface area contributed by atoms with Gasteiger partial charge < -0.3 is 4.79 Å². The van der Waals surface area contributed by atoms with Crippen molar-refractivity contribution < 1.29 is 4.79 Å². The van der Waals surface area contributed by atoms with Crippen LogP contribution in [0.1, 0.15) is 24.5 Å². The summed E-state index contributed by atoms with van der Waals surface area (Å²) in [5.74, 6) is 0.639. The maximum absolute atomic E-state index is 10.2. The molecule has 0 amide bonds. The Bertz CT molecular complexity index is 255. The lowest BCUT2D eigenvalue weighted by Gasteiger charge is -1.98. The van der Waals surface area contributed by atoms with Crippen LogP contribution in [0.15, 0.2) is 5.38 Å². The summed E-state index contributed by atoms with van der Waals surface area (Å²) in [6.45, 7) is 4.33. The fourth-order valence-electron chi connectivity index (χ4n) is 0.971. The summed E-state index contributed by atoms with van der Waals surface area (Å²) in [4.78, 5) is 14.5. The Hall–Kier alpha value is -0.700. The van der Waals surface area contributed by atoms with E-state index in [1.807, 2.05) is 5.38 Å². The summed E-state index contributed by atoms with van der Waals surface area (Å²) in [6.07, 6.45) is 2.37. The molecule has 2 nitrogen and oxygen atoms in total. The summed E-state index contributed by atoms with van der Waals surface area (Å²) < 4.78 is 0. The number of aldehydes is 1. The van der Waals surface area contributed by atoms with Crippen molar-refractivity contribution >= 4 is 17.6 Å². The van der Waals surface area contributed by atoms with E-state index in [9.17, 15) is 4.79 Å². The molecule has 0 radical (unpaired) electrons. The van der Waals surface area contributed by atoms with Gasteiger partial charge in [0.05, 0.1) is 10.7 Å². The molecule has 0 fully saturated rings. The number of aromatic nitrogens is 1. The van der Waals surface area contributed by atoms with Crippen LogP contribution in [0.25, 0.3) is 0 Å². The molecule has 0 aliphatic carbocycles. The van der Waals surface area contributed by atoms with Crippen molar-refractivity contribution in [1.82, 2.24) is 4.98 Å². The second-order valence-electron chi connectivity index (χ2n) is 3.20. The quantitative estimate of drug-likeness (QED) is 0.669. The number of rotatable bonds is 4. The van der Waals surface area contributed by atoms with Crippen LogP contribution in [0.3, 0.4) is 0 Å². The molecular weight excluding hydrogens is 170 g/mol. The molecule has 1 aromatic rings. The van der Waals surface area contributed by atoms with Crippen LogP contribution < -0.4 is 0 Å². The highest BCUT2D eigenvalue weighted by molar-refractivity contribution is 7.09. The number of carbonyl (C=O) groups is 1. The molecular formula is C9H13NOS. The van der Waals surface area contributed by atoms with E-state index >= 15 is 0 Å². The molecule has 0 aromatic carbocycles. The van der Waals surface area contributed by atoms with E-state index < -0.39 is 0 Å². The minimum atomic E-state index is 0.453. The van der Waals surface area contributed by atoms with Crippen molar-refractivity contribution in [3.63, 3.8) is 0 Å². The van der Waals surface area contributed by atoms with Gasteiger partial charge in [0.25, 0.3) is 0 Å². The second-order valence-corrected chi connectivity index (χ2v) is 4.14. The van der Waals surface area contributed by atoms with Gasteiger partial charge in [-0.25, -0.2) is 4.98 Å². The van der Waals surface area contributed by atoms with E-state index in [2.05, 4.69) is 18.8 Å². The molecule has 0 spiro atoms. The van der Waals surface area contributed by atoms with Crippen LogP contribution in [0.5, 0.6) is 0 Å². The van der Waals surface area contributed by atoms with E-state index in [0.717, 1.165) is 23.4 Å². The van der Waals surface area contributed by atoms with E-state index in [1.54, 1.807) is 11.3 Å². The minimum Gasteiger partial charge on any atom is -0.303 e. The monoisotopic (exact) mass is 183 g/mol. The van der Waals surface area contributed by atoms with Crippen molar-refractivity contribution in [2.45, 2.75) is 26.7 Å². The molecule has 0 aliphatic rings. The predicted molar refractivity (Wildman–Crippen MR) is 50.4 cm³/mol. The van der Waals surface area contributed by atoms with Crippen LogP contribution in [-0.4, -0.2) is 11.3 Å². The van der Waals surface area contributed by atoms with Gasteiger partial charge in [0, 0.05) is 18.2 Å². The third-order valence-electron chi connectivity index (χ3n) is 1.47. The van der Waals surface area contributed by atoms with E-state index in [0.29, 0.717) is 12.3 Å². The number of hydrogen-bond acceptors (Lipinski definition) is 3. The average Bonchev–Trinajstić information content (AvgIpc) is 2.36. The zero-order chi connectivity index (χ0) is 8.97. The van der Waals surface area contributed by atoms with Gasteiger partial charge in [0.2, 0.25) is 0 Å². The Labute approximate surface area is 76.6 Å². The Morgan fingerprint density at radius 2 is 2.42 bits per heavy atom. The Balaban J connectivity index is 2.57. The molecule has 1 aromatic heterocycles. The summed E-state index contributed by atoms with van der Waals surface area (Å²) >= 11 is 1.65. The van der Waals surface area contributed by atoms with Crippen molar-refractivity contribution in [3.05, 3.63) is 16.1 Å². The predicted octanol–water partition coefficient (Wildman–Crippen LogP) is 2.08. The number of nitrogens with zero attached hydrogens (tertiary/aromatic N) is 1. The van der Waals surface area contributed by atoms with Gasteiger partial charge >= 0.3 is 0 Å². The maximum Gasteiger partial charge on any atom is 0.125 e. The molecule has 0 unspecified atom stereocenters. The van der Waals surface area contributed by atoms with Gasteiger partial charge in [-0.3, -0.25) is 0 Å². The topological polar surface area (TPSA) is 30.0 Å². The fourth-order valence-corrected chi connectivity index (χ4v) is 1.99. The summed E-state index contributed by atoms with van der Waals surface area (Å²) in [5, 5.41) is 3.11. The van der Waals surface area contributed by atoms with Crippen molar-refractivity contribution in [2.24, 2.45) is 5.92 Å². The molecule has 0 atom stereocenters. The zero-order valence-corrected chi connectivity index (χ0v) is 8.23. The molecule has 1 rings (SSSR count). The van der Waals surface area contributed by atoms with Crippen LogP contribution >= 0.6 is 11.3 Å². The molecule has 0 saturated heterocycles. The molecule has 0 aliphatic heterocycles. The first kappa shape index (κ1) is 9.39. The first-order chi connectivity index (χ1) is 5.72. The molecule has 0 N–H and O–H groups in total. The molecule has 0 saturated carbocycles. The first-order valence-electron chi connectivity index (χ1n) is 4.09. The smallest absolute Gasteiger partial charge is 0.125 e. The van der Waals surface area contributed by atoms with Gasteiger partial charge in [-0.05, 0) is 5.92 Å². The van der Waals surface area contributed by atoms with Crippen molar-refractivity contribution in [1.29, 1.82) is 0 Å². The highest BCUT2D eigenvalue weighted by atomic mass is 32.1. The molecule has 1 heterocycles. The summed E-state index contributed by atoms with van der Waals surface area (Å²) in [5.41, 5.74) is 0.908. The third-order valence-corrected chi connectivity index (χ3v) is 2.39. The SMILES string of the molecule is CC(C)Cc1nc(CC=O)cs1. The maximum atomic E-state index is 10.2. The lowest BCUT2D eigenvalue weighted by atomic mass is 10.1. The normalized spacial score (nSPS) is 10.6. The first-order valence-corrected chi connectivity index (χ1v) is 4.97. The molecule has 66 valence electrons. The van der Waals surface area contributed by atoms with E-state index in [-0.39, 0.29) is 0 Å². The Kier molecular flexibility index (Phi) is 3.41. The number of hydrogen-bond donors (Lipinski definition) is 0. The highest BCUT2D eigenvalue weighted by Crippen LogP contribution is 2.13. The van der Waals surface area contributed by atoms with Gasteiger partial charge in [-0.15, -0.1) is 11.3 Å². The molecule has 3 heteroatoms. The molecule has 0 bridgehead atoms. The van der Waals surface area contributed by atoms with Gasteiger partial charge in [0.15, 0.2) is 0 Å². The van der Waals surface area contributed by atoms with Crippen molar-refractivity contribution in [3.8, 4) is 0 Å². The van der Waals surface area contributed by atoms with Crippen LogP contribution in [0, 0.1) is 5.92 Å². The van der Waals surface area contributed by atoms with Crippen LogP contribution in [0.2, 0.25) is 0 Å². The Morgan fingerprint density at radius 3 is 3.00 bits per heavy atom. The zero-order valence-electron chi connectivity index (χ0n) is 7.41.